The summed E-state index contributed by atoms with van der Waals surface area (Å²) in [4.78, 5) is 74.1. The standard InChI is InChI=1S/C65H58N6O8S2/c1-2-3-22-40-77-63(75)78-42-41-76-61(74)57-47(38-37-46-24-23-39-66-43-46)44-80-60-56(59(73)71(57)60)68-58(72)55(70-79-65(51-31-16-7-17-32-51,52-33-18-8-19-34-52)53-35-20-9-21-36-53)54-45-81-62(67-54)69-64(48-25-10-4-11-26-48,49-27-12-5-13-28-49)50-29-14-6-15-30-50/h4-21,23-39,43,45,56,60H,2-3,22,40-42,44H2,1H3,(H,67,69)(H,68,72)/b38-37-,70-55?/t56-,60+/m1/s1. The van der Waals surface area contributed by atoms with Crippen LogP contribution in [0.1, 0.15) is 70.8 Å². The molecule has 14 nitrogen and oxygen atoms in total. The van der Waals surface area contributed by atoms with E-state index < -0.39 is 46.5 Å². The van der Waals surface area contributed by atoms with Crippen LogP contribution in [0.25, 0.3) is 6.08 Å². The predicted molar refractivity (Wildman–Crippen MR) is 315 cm³/mol. The number of esters is 1. The minimum atomic E-state index is -1.39. The highest BCUT2D eigenvalue weighted by molar-refractivity contribution is 8.00. The second kappa shape index (κ2) is 26.2. The average molecular weight is 1120 g/mol. The summed E-state index contributed by atoms with van der Waals surface area (Å²) in [5.74, 6) is -1.84. The van der Waals surface area contributed by atoms with Gasteiger partial charge in [-0.05, 0) is 40.3 Å². The van der Waals surface area contributed by atoms with Crippen LogP contribution in [0.3, 0.4) is 0 Å². The molecule has 2 aromatic heterocycles. The van der Waals surface area contributed by atoms with Gasteiger partial charge in [0.2, 0.25) is 5.60 Å². The van der Waals surface area contributed by atoms with Crippen LogP contribution in [0, 0.1) is 0 Å². The van der Waals surface area contributed by atoms with Gasteiger partial charge in [-0.1, -0.05) is 225 Å². The number of β-lactam (4-membered cyclic amide) rings is 1. The number of hydrogen-bond acceptors (Lipinski definition) is 14. The average Bonchev–Trinajstić information content (AvgIpc) is 4.11. The molecule has 0 aliphatic carbocycles. The molecule has 8 aromatic rings. The summed E-state index contributed by atoms with van der Waals surface area (Å²) >= 11 is 2.66. The van der Waals surface area contributed by atoms with E-state index >= 15 is 4.79 Å². The number of anilines is 1. The third kappa shape index (κ3) is 12.2. The minimum absolute atomic E-state index is 0.000992. The number of thioether (sulfide) groups is 1. The van der Waals surface area contributed by atoms with Gasteiger partial charge < -0.3 is 29.7 Å². The van der Waals surface area contributed by atoms with Gasteiger partial charge >= 0.3 is 12.1 Å². The molecule has 0 unspecified atom stereocenters. The number of oxime groups is 1. The summed E-state index contributed by atoms with van der Waals surface area (Å²) < 4.78 is 15.9. The number of carbonyl (C=O) groups is 4. The first-order valence-electron chi connectivity index (χ1n) is 26.7. The van der Waals surface area contributed by atoms with Crippen LogP contribution in [0.15, 0.2) is 234 Å². The third-order valence-electron chi connectivity index (χ3n) is 13.8. The molecule has 2 aliphatic rings. The molecule has 81 heavy (non-hydrogen) atoms. The Bertz CT molecular complexity index is 3310. The number of rotatable bonds is 23. The van der Waals surface area contributed by atoms with E-state index in [1.165, 1.54) is 28.0 Å². The fraction of sp³-hybridized carbons (Fsp3) is 0.185. The molecule has 2 amide bonds. The van der Waals surface area contributed by atoms with Crippen molar-refractivity contribution >= 4 is 64.0 Å². The number of pyridine rings is 1. The van der Waals surface area contributed by atoms with Crippen molar-refractivity contribution in [2.45, 2.75) is 48.7 Å². The summed E-state index contributed by atoms with van der Waals surface area (Å²) in [5, 5.41) is 13.1. The molecule has 408 valence electrons. The summed E-state index contributed by atoms with van der Waals surface area (Å²) in [7, 11) is 0. The highest BCUT2D eigenvalue weighted by Crippen LogP contribution is 2.44. The number of ether oxygens (including phenoxy) is 3. The number of thiazole rings is 1. The lowest BCUT2D eigenvalue weighted by Crippen LogP contribution is -2.71. The number of amides is 2. The van der Waals surface area contributed by atoms with Crippen molar-refractivity contribution in [3.63, 3.8) is 0 Å². The molecule has 4 heterocycles. The Balaban J connectivity index is 1.01. The summed E-state index contributed by atoms with van der Waals surface area (Å²) in [5.41, 5.74) is 3.96. The monoisotopic (exact) mass is 1110 g/mol. The highest BCUT2D eigenvalue weighted by Gasteiger charge is 2.55. The Morgan fingerprint density at radius 1 is 0.667 bits per heavy atom. The van der Waals surface area contributed by atoms with E-state index in [4.69, 9.17) is 29.2 Å². The number of aromatic nitrogens is 2. The van der Waals surface area contributed by atoms with Crippen molar-refractivity contribution < 1.29 is 38.2 Å². The summed E-state index contributed by atoms with van der Waals surface area (Å²) in [6, 6.07) is 61.8. The molecule has 0 saturated carbocycles. The molecule has 1 saturated heterocycles. The molecule has 1 fully saturated rings. The zero-order chi connectivity index (χ0) is 55.9. The van der Waals surface area contributed by atoms with E-state index in [0.717, 1.165) is 51.8 Å². The Morgan fingerprint density at radius 3 is 1.73 bits per heavy atom. The maximum atomic E-state index is 15.4. The number of hydrogen-bond donors (Lipinski definition) is 2. The second-order valence-electron chi connectivity index (χ2n) is 19.0. The number of nitrogens with zero attached hydrogens (tertiary/aromatic N) is 4. The van der Waals surface area contributed by atoms with Gasteiger partial charge in [0.15, 0.2) is 10.8 Å². The lowest BCUT2D eigenvalue weighted by atomic mass is 9.77. The lowest BCUT2D eigenvalue weighted by molar-refractivity contribution is -0.153. The number of benzene rings is 6. The fourth-order valence-corrected chi connectivity index (χ4v) is 12.0. The van der Waals surface area contributed by atoms with Gasteiger partial charge in [0.1, 0.15) is 41.6 Å². The molecule has 2 aliphatic heterocycles. The first-order valence-corrected chi connectivity index (χ1v) is 28.6. The normalized spacial score (nSPS) is 15.3. The Kier molecular flexibility index (Phi) is 17.9. The van der Waals surface area contributed by atoms with Crippen molar-refractivity contribution in [1.82, 2.24) is 20.2 Å². The Hall–Kier alpha value is -9.12. The largest absolute Gasteiger partial charge is 0.508 e. The fourth-order valence-electron chi connectivity index (χ4n) is 9.89. The van der Waals surface area contributed by atoms with Crippen LogP contribution < -0.4 is 10.6 Å². The van der Waals surface area contributed by atoms with Gasteiger partial charge in [-0.25, -0.2) is 14.6 Å². The molecule has 6 aromatic carbocycles. The first-order chi connectivity index (χ1) is 39.8. The van der Waals surface area contributed by atoms with Gasteiger partial charge in [-0.3, -0.25) is 19.5 Å². The number of nitrogens with one attached hydrogen (secondary N) is 2. The van der Waals surface area contributed by atoms with Crippen LogP contribution in [0.2, 0.25) is 0 Å². The Labute approximate surface area is 478 Å². The van der Waals surface area contributed by atoms with Gasteiger partial charge in [-0.15, -0.1) is 23.1 Å². The summed E-state index contributed by atoms with van der Waals surface area (Å²) in [6.07, 6.45) is 8.58. The number of allylic oxidation sites excluding steroid dienone is 1. The molecule has 0 radical (unpaired) electrons. The second-order valence-corrected chi connectivity index (χ2v) is 20.9. The van der Waals surface area contributed by atoms with Gasteiger partial charge in [0.05, 0.1) is 6.61 Å². The van der Waals surface area contributed by atoms with Crippen LogP contribution in [-0.2, 0) is 44.6 Å². The smallest absolute Gasteiger partial charge is 0.457 e. The molecular formula is C65H58N6O8S2. The maximum absolute atomic E-state index is 15.4. The van der Waals surface area contributed by atoms with Crippen molar-refractivity contribution in [3.8, 4) is 0 Å². The molecule has 2 N–H and O–H groups in total. The quantitative estimate of drug-likeness (QED) is 0.0155. The zero-order valence-electron chi connectivity index (χ0n) is 44.3. The van der Waals surface area contributed by atoms with E-state index in [2.05, 4.69) is 52.0 Å². The Morgan fingerprint density at radius 2 is 1.20 bits per heavy atom. The van der Waals surface area contributed by atoms with Crippen LogP contribution in [0.4, 0.5) is 9.93 Å². The molecule has 0 bridgehead atoms. The number of unbranched alkanes of at least 4 members (excludes halogenated alkanes) is 2. The lowest BCUT2D eigenvalue weighted by Gasteiger charge is -2.49. The first kappa shape index (κ1) is 55.2. The summed E-state index contributed by atoms with van der Waals surface area (Å²) in [6.45, 7) is 1.71. The van der Waals surface area contributed by atoms with Gasteiger partial charge in [0.25, 0.3) is 11.8 Å². The molecule has 10 rings (SSSR count). The van der Waals surface area contributed by atoms with Crippen molar-refractivity contribution in [2.24, 2.45) is 5.16 Å². The van der Waals surface area contributed by atoms with E-state index in [9.17, 15) is 14.4 Å². The van der Waals surface area contributed by atoms with Crippen molar-refractivity contribution in [2.75, 3.05) is 30.9 Å². The molecule has 16 heteroatoms. The van der Waals surface area contributed by atoms with E-state index in [1.807, 2.05) is 159 Å². The number of carbonyl (C=O) groups excluding carboxylic acids is 4. The van der Waals surface area contributed by atoms with Gasteiger partial charge in [0, 0.05) is 40.2 Å². The minimum Gasteiger partial charge on any atom is -0.457 e. The van der Waals surface area contributed by atoms with Crippen LogP contribution in [-0.4, -0.2) is 81.5 Å². The highest BCUT2D eigenvalue weighted by atomic mass is 32.2. The maximum Gasteiger partial charge on any atom is 0.508 e. The topological polar surface area (TPSA) is 171 Å². The van der Waals surface area contributed by atoms with E-state index in [1.54, 1.807) is 36.0 Å². The van der Waals surface area contributed by atoms with Crippen molar-refractivity contribution in [3.05, 3.63) is 274 Å². The van der Waals surface area contributed by atoms with Gasteiger partial charge in [-0.2, -0.15) is 0 Å². The van der Waals surface area contributed by atoms with E-state index in [0.29, 0.717) is 17.1 Å². The zero-order valence-corrected chi connectivity index (χ0v) is 46.0. The molecular weight excluding hydrogens is 1060 g/mol. The van der Waals surface area contributed by atoms with Crippen molar-refractivity contribution in [1.29, 1.82) is 0 Å². The third-order valence-corrected chi connectivity index (χ3v) is 15.9. The SMILES string of the molecule is CCCCCOC(=O)OCCOC(=O)C1=C(/C=C\c2cccnc2)CS[C@H]2[C@H](NC(=O)C(=NOC(c3ccccc3)(c3ccccc3)c3ccccc3)c3csc(NC(c4ccccc4)(c4ccccc4)c4ccccc4)n3)C(=O)N12. The van der Waals surface area contributed by atoms with E-state index in [-0.39, 0.29) is 42.7 Å². The van der Waals surface area contributed by atoms with Crippen LogP contribution in [0.5, 0.6) is 0 Å². The van der Waals surface area contributed by atoms with Crippen LogP contribution >= 0.6 is 23.1 Å². The number of fused-ring (bicyclic) bond motifs is 1. The molecule has 0 spiro atoms. The molecule has 2 atom stereocenters. The predicted octanol–water partition coefficient (Wildman–Crippen LogP) is 11.9.